The first kappa shape index (κ1) is 10.8. The molecule has 1 saturated heterocycles. The van der Waals surface area contributed by atoms with Crippen LogP contribution in [0, 0.1) is 0 Å². The van der Waals surface area contributed by atoms with Gasteiger partial charge in [-0.3, -0.25) is 4.79 Å². The van der Waals surface area contributed by atoms with Crippen LogP contribution in [0.3, 0.4) is 0 Å². The van der Waals surface area contributed by atoms with Gasteiger partial charge in [0.2, 0.25) is 0 Å². The lowest BCUT2D eigenvalue weighted by Crippen LogP contribution is -2.19. The van der Waals surface area contributed by atoms with E-state index in [2.05, 4.69) is 31.9 Å². The van der Waals surface area contributed by atoms with E-state index in [0.29, 0.717) is 6.61 Å². The minimum absolute atomic E-state index is 0.0938. The molecule has 1 unspecified atom stereocenters. The maximum absolute atomic E-state index is 11.9. The normalized spacial score (nSPS) is 21.4. The third-order valence-corrected chi connectivity index (χ3v) is 4.48. The average molecular weight is 340 g/mol. The number of thiophene rings is 1. The number of ketones is 1. The molecule has 2 nitrogen and oxygen atoms in total. The second kappa shape index (κ2) is 4.43. The summed E-state index contributed by atoms with van der Waals surface area (Å²) in [6.07, 6.45) is 1.60. The zero-order chi connectivity index (χ0) is 10.1. The van der Waals surface area contributed by atoms with Gasteiger partial charge in [0.15, 0.2) is 5.78 Å². The van der Waals surface area contributed by atoms with Crippen LogP contribution in [-0.2, 0) is 4.74 Å². The van der Waals surface area contributed by atoms with E-state index in [4.69, 9.17) is 4.74 Å². The van der Waals surface area contributed by atoms with Crippen LogP contribution in [0.5, 0.6) is 0 Å². The minimum Gasteiger partial charge on any atom is -0.370 e. The van der Waals surface area contributed by atoms with E-state index in [9.17, 15) is 4.79 Å². The third kappa shape index (κ3) is 2.10. The van der Waals surface area contributed by atoms with Crippen LogP contribution in [0.25, 0.3) is 0 Å². The topological polar surface area (TPSA) is 26.3 Å². The summed E-state index contributed by atoms with van der Waals surface area (Å²) < 4.78 is 7.20. The summed E-state index contributed by atoms with van der Waals surface area (Å²) in [6.45, 7) is 0.708. The standard InChI is InChI=1S/C9H8Br2O2S/c10-7-4-5(9(11)14-7)8(12)6-2-1-3-13-6/h4,6H,1-3H2. The zero-order valence-electron chi connectivity index (χ0n) is 7.26. The van der Waals surface area contributed by atoms with Crippen LogP contribution in [0.15, 0.2) is 13.6 Å². The Balaban J connectivity index is 2.21. The molecule has 0 amide bonds. The van der Waals surface area contributed by atoms with Gasteiger partial charge in [-0.15, -0.1) is 11.3 Å². The number of carbonyl (C=O) groups is 1. The highest BCUT2D eigenvalue weighted by molar-refractivity contribution is 9.12. The SMILES string of the molecule is O=C(c1cc(Br)sc1Br)C1CCCO1. The van der Waals surface area contributed by atoms with Crippen molar-refractivity contribution in [1.29, 1.82) is 0 Å². The maximum Gasteiger partial charge on any atom is 0.193 e. The monoisotopic (exact) mass is 338 g/mol. The Kier molecular flexibility index (Phi) is 3.42. The molecule has 1 aliphatic heterocycles. The average Bonchev–Trinajstić information content (AvgIpc) is 2.73. The van der Waals surface area contributed by atoms with Gasteiger partial charge in [0.25, 0.3) is 0 Å². The molecule has 2 rings (SSSR count). The summed E-state index contributed by atoms with van der Waals surface area (Å²) in [6, 6.07) is 1.85. The minimum atomic E-state index is -0.229. The Bertz CT molecular complexity index is 356. The molecular weight excluding hydrogens is 332 g/mol. The molecular formula is C9H8Br2O2S. The Labute approximate surface area is 103 Å². The molecule has 2 heterocycles. The van der Waals surface area contributed by atoms with E-state index in [1.807, 2.05) is 6.07 Å². The first-order valence-electron chi connectivity index (χ1n) is 4.29. The van der Waals surface area contributed by atoms with Crippen LogP contribution in [0.4, 0.5) is 0 Å². The fraction of sp³-hybridized carbons (Fsp3) is 0.444. The predicted octanol–water partition coefficient (Wildman–Crippen LogP) is 3.63. The molecule has 76 valence electrons. The van der Waals surface area contributed by atoms with Crippen LogP contribution in [-0.4, -0.2) is 18.5 Å². The Hall–Kier alpha value is 0.290. The summed E-state index contributed by atoms with van der Waals surface area (Å²) in [5.74, 6) is 0.0938. The van der Waals surface area contributed by atoms with Gasteiger partial charge in [0.05, 0.1) is 7.57 Å². The predicted molar refractivity (Wildman–Crippen MR) is 63.0 cm³/mol. The van der Waals surface area contributed by atoms with Crippen molar-refractivity contribution >= 4 is 49.0 Å². The Morgan fingerprint density at radius 2 is 2.36 bits per heavy atom. The molecule has 14 heavy (non-hydrogen) atoms. The summed E-state index contributed by atoms with van der Waals surface area (Å²) in [4.78, 5) is 11.9. The largest absolute Gasteiger partial charge is 0.370 e. The van der Waals surface area contributed by atoms with Crippen LogP contribution >= 0.6 is 43.2 Å². The first-order valence-corrected chi connectivity index (χ1v) is 6.69. The quantitative estimate of drug-likeness (QED) is 0.769. The number of hydrogen-bond acceptors (Lipinski definition) is 3. The molecule has 1 aromatic rings. The molecule has 1 aromatic heterocycles. The number of rotatable bonds is 2. The van der Waals surface area contributed by atoms with Gasteiger partial charge in [0.1, 0.15) is 6.10 Å². The fourth-order valence-corrected chi connectivity index (χ4v) is 4.28. The second-order valence-corrected chi connectivity index (χ2v) is 6.85. The Morgan fingerprint density at radius 1 is 1.57 bits per heavy atom. The number of carbonyl (C=O) groups excluding carboxylic acids is 1. The van der Waals surface area contributed by atoms with Crippen molar-refractivity contribution in [3.63, 3.8) is 0 Å². The van der Waals surface area contributed by atoms with E-state index >= 15 is 0 Å². The molecule has 1 atom stereocenters. The van der Waals surface area contributed by atoms with Gasteiger partial charge in [0, 0.05) is 12.2 Å². The first-order chi connectivity index (χ1) is 6.68. The molecule has 0 bridgehead atoms. The molecule has 1 aliphatic rings. The Morgan fingerprint density at radius 3 is 2.86 bits per heavy atom. The fourth-order valence-electron chi connectivity index (χ4n) is 1.47. The van der Waals surface area contributed by atoms with E-state index in [1.165, 1.54) is 11.3 Å². The molecule has 1 fully saturated rings. The van der Waals surface area contributed by atoms with Crippen LogP contribution in [0.1, 0.15) is 23.2 Å². The summed E-state index contributed by atoms with van der Waals surface area (Å²) in [5.41, 5.74) is 0.730. The molecule has 0 saturated carbocycles. The van der Waals surface area contributed by atoms with Gasteiger partial charge in [-0.25, -0.2) is 0 Å². The lowest BCUT2D eigenvalue weighted by Gasteiger charge is -2.06. The summed E-state index contributed by atoms with van der Waals surface area (Å²) in [5, 5.41) is 0. The molecule has 0 aromatic carbocycles. The smallest absolute Gasteiger partial charge is 0.193 e. The van der Waals surface area contributed by atoms with Gasteiger partial charge in [-0.05, 0) is 50.8 Å². The van der Waals surface area contributed by atoms with Crippen LogP contribution < -0.4 is 0 Å². The molecule has 0 radical (unpaired) electrons. The van der Waals surface area contributed by atoms with E-state index in [1.54, 1.807) is 0 Å². The van der Waals surface area contributed by atoms with Crippen molar-refractivity contribution < 1.29 is 9.53 Å². The van der Waals surface area contributed by atoms with E-state index in [-0.39, 0.29) is 11.9 Å². The van der Waals surface area contributed by atoms with Crippen molar-refractivity contribution in [1.82, 2.24) is 0 Å². The third-order valence-electron chi connectivity index (χ3n) is 2.14. The van der Waals surface area contributed by atoms with Crippen LogP contribution in [0.2, 0.25) is 0 Å². The van der Waals surface area contributed by atoms with Gasteiger partial charge < -0.3 is 4.74 Å². The van der Waals surface area contributed by atoms with E-state index in [0.717, 1.165) is 26.0 Å². The lowest BCUT2D eigenvalue weighted by molar-refractivity contribution is 0.0642. The van der Waals surface area contributed by atoms with Crippen molar-refractivity contribution in [2.75, 3.05) is 6.61 Å². The highest BCUT2D eigenvalue weighted by Gasteiger charge is 2.27. The number of ether oxygens (including phenoxy) is 1. The van der Waals surface area contributed by atoms with Crippen molar-refractivity contribution in [2.24, 2.45) is 0 Å². The molecule has 0 N–H and O–H groups in total. The van der Waals surface area contributed by atoms with Crippen molar-refractivity contribution in [2.45, 2.75) is 18.9 Å². The second-order valence-electron chi connectivity index (χ2n) is 3.10. The van der Waals surface area contributed by atoms with Gasteiger partial charge in [-0.1, -0.05) is 0 Å². The highest BCUT2D eigenvalue weighted by atomic mass is 79.9. The van der Waals surface area contributed by atoms with Crippen molar-refractivity contribution in [3.05, 3.63) is 19.2 Å². The van der Waals surface area contributed by atoms with Gasteiger partial charge in [-0.2, -0.15) is 0 Å². The highest BCUT2D eigenvalue weighted by Crippen LogP contribution is 2.33. The number of Topliss-reactive ketones (excluding diaryl/α,β-unsaturated/α-hetero) is 1. The molecule has 0 aliphatic carbocycles. The number of hydrogen-bond donors (Lipinski definition) is 0. The van der Waals surface area contributed by atoms with E-state index < -0.39 is 0 Å². The lowest BCUT2D eigenvalue weighted by atomic mass is 10.1. The van der Waals surface area contributed by atoms with Crippen molar-refractivity contribution in [3.8, 4) is 0 Å². The molecule has 5 heteroatoms. The maximum atomic E-state index is 11.9. The molecule has 0 spiro atoms. The summed E-state index contributed by atoms with van der Waals surface area (Å²) in [7, 11) is 0. The number of halogens is 2. The zero-order valence-corrected chi connectivity index (χ0v) is 11.2. The summed E-state index contributed by atoms with van der Waals surface area (Å²) >= 11 is 8.25. The van der Waals surface area contributed by atoms with Gasteiger partial charge >= 0.3 is 0 Å².